The number of aromatic nitrogens is 1. The number of hydrogen-bond donors (Lipinski definition) is 3. The zero-order valence-corrected chi connectivity index (χ0v) is 20.4. The van der Waals surface area contributed by atoms with Gasteiger partial charge in [-0.2, -0.15) is 0 Å². The molecule has 0 unspecified atom stereocenters. The van der Waals surface area contributed by atoms with E-state index in [1.54, 1.807) is 68.7 Å². The fourth-order valence-electron chi connectivity index (χ4n) is 4.05. The Labute approximate surface area is 209 Å². The Morgan fingerprint density at radius 3 is 2.33 bits per heavy atom. The Bertz CT molecular complexity index is 1150. The molecule has 0 spiro atoms. The van der Waals surface area contributed by atoms with Crippen LogP contribution in [-0.4, -0.2) is 40.4 Å². The van der Waals surface area contributed by atoms with E-state index in [0.717, 1.165) is 11.1 Å². The lowest BCUT2D eigenvalue weighted by atomic mass is 9.85. The molecular formula is C27H30N4O5. The van der Waals surface area contributed by atoms with Crippen molar-refractivity contribution in [3.63, 3.8) is 0 Å². The Hall–Kier alpha value is -4.14. The molecule has 3 rings (SSSR count). The van der Waals surface area contributed by atoms with Crippen LogP contribution < -0.4 is 16.0 Å². The smallest absolute Gasteiger partial charge is 0.244 e. The third kappa shape index (κ3) is 6.71. The van der Waals surface area contributed by atoms with E-state index in [1.807, 2.05) is 6.07 Å². The number of pyridine rings is 1. The zero-order chi connectivity index (χ0) is 26.2. The van der Waals surface area contributed by atoms with Crippen LogP contribution in [0.5, 0.6) is 0 Å². The number of rotatable bonds is 10. The second-order valence-electron chi connectivity index (χ2n) is 9.11. The van der Waals surface area contributed by atoms with Crippen molar-refractivity contribution >= 4 is 35.5 Å². The van der Waals surface area contributed by atoms with E-state index in [4.69, 9.17) is 0 Å². The summed E-state index contributed by atoms with van der Waals surface area (Å²) < 4.78 is 0. The highest BCUT2D eigenvalue weighted by Crippen LogP contribution is 2.24. The molecular weight excluding hydrogens is 460 g/mol. The lowest BCUT2D eigenvalue weighted by molar-refractivity contribution is -0.137. The monoisotopic (exact) mass is 490 g/mol. The molecule has 1 saturated heterocycles. The van der Waals surface area contributed by atoms with Crippen molar-refractivity contribution in [2.75, 3.05) is 0 Å². The highest BCUT2D eigenvalue weighted by molar-refractivity contribution is 6.16. The van der Waals surface area contributed by atoms with E-state index in [-0.39, 0.29) is 12.3 Å². The van der Waals surface area contributed by atoms with Crippen molar-refractivity contribution in [1.29, 1.82) is 0 Å². The van der Waals surface area contributed by atoms with Gasteiger partial charge in [0.2, 0.25) is 23.6 Å². The molecule has 0 saturated carbocycles. The van der Waals surface area contributed by atoms with Crippen molar-refractivity contribution in [2.45, 2.75) is 39.3 Å². The number of imide groups is 1. The number of amides is 4. The predicted octanol–water partition coefficient (Wildman–Crippen LogP) is 1.96. The molecule has 0 radical (unpaired) electrons. The van der Waals surface area contributed by atoms with Gasteiger partial charge >= 0.3 is 0 Å². The average Bonchev–Trinajstić information content (AvgIpc) is 3.12. The van der Waals surface area contributed by atoms with Gasteiger partial charge in [0.05, 0.1) is 24.4 Å². The summed E-state index contributed by atoms with van der Waals surface area (Å²) in [6, 6.07) is 11.0. The summed E-state index contributed by atoms with van der Waals surface area (Å²) in [7, 11) is 0. The van der Waals surface area contributed by atoms with Crippen LogP contribution in [0.4, 0.5) is 0 Å². The minimum Gasteiger partial charge on any atom is -0.346 e. The number of carbonyl (C=O) groups excluding carboxylic acids is 5. The summed E-state index contributed by atoms with van der Waals surface area (Å²) >= 11 is 0. The molecule has 1 aromatic carbocycles. The summed E-state index contributed by atoms with van der Waals surface area (Å²) in [5.74, 6) is -4.78. The average molecular weight is 491 g/mol. The zero-order valence-electron chi connectivity index (χ0n) is 20.4. The van der Waals surface area contributed by atoms with Crippen LogP contribution in [0.2, 0.25) is 0 Å². The highest BCUT2D eigenvalue weighted by Gasteiger charge is 2.46. The second kappa shape index (κ2) is 12.0. The van der Waals surface area contributed by atoms with Crippen molar-refractivity contribution < 1.29 is 24.0 Å². The minimum atomic E-state index is -1.15. The van der Waals surface area contributed by atoms with Crippen molar-refractivity contribution in [2.24, 2.45) is 17.8 Å². The number of ketones is 1. The van der Waals surface area contributed by atoms with Gasteiger partial charge in [-0.05, 0) is 29.2 Å². The van der Waals surface area contributed by atoms with Gasteiger partial charge < -0.3 is 10.6 Å². The lowest BCUT2D eigenvalue weighted by Crippen LogP contribution is -2.49. The third-order valence-corrected chi connectivity index (χ3v) is 6.06. The second-order valence-corrected chi connectivity index (χ2v) is 9.11. The first-order valence-corrected chi connectivity index (χ1v) is 11.8. The molecule has 4 amide bonds. The molecule has 1 aromatic heterocycles. The maximum Gasteiger partial charge on any atom is 0.244 e. The van der Waals surface area contributed by atoms with Crippen LogP contribution in [-0.2, 0) is 24.0 Å². The number of hydrogen-bond acceptors (Lipinski definition) is 6. The largest absolute Gasteiger partial charge is 0.346 e. The van der Waals surface area contributed by atoms with E-state index >= 15 is 0 Å². The predicted molar refractivity (Wildman–Crippen MR) is 133 cm³/mol. The Morgan fingerprint density at radius 2 is 1.75 bits per heavy atom. The Balaban J connectivity index is 1.72. The summed E-state index contributed by atoms with van der Waals surface area (Å²) in [5, 5.41) is 7.74. The SMILES string of the molecule is CC(C)[C@@H](NC(=O)C[C@@H](NC(=O)/C=C/c1cccnc1)c1ccccc1)C(=O)[C@@H]1C(=O)NC(=O)[C@H]1C. The fourth-order valence-corrected chi connectivity index (χ4v) is 4.05. The molecule has 1 aliphatic heterocycles. The molecule has 9 nitrogen and oxygen atoms in total. The Kier molecular flexibility index (Phi) is 8.83. The summed E-state index contributed by atoms with van der Waals surface area (Å²) in [6.45, 7) is 5.02. The van der Waals surface area contributed by atoms with Crippen LogP contribution in [0.15, 0.2) is 60.9 Å². The molecule has 1 fully saturated rings. The first-order valence-electron chi connectivity index (χ1n) is 11.8. The topological polar surface area (TPSA) is 134 Å². The number of benzene rings is 1. The lowest BCUT2D eigenvalue weighted by Gasteiger charge is -2.25. The maximum atomic E-state index is 13.1. The quantitative estimate of drug-likeness (QED) is 0.265. The molecule has 0 bridgehead atoms. The maximum absolute atomic E-state index is 13.1. The first kappa shape index (κ1) is 26.5. The van der Waals surface area contributed by atoms with E-state index in [0.29, 0.717) is 0 Å². The highest BCUT2D eigenvalue weighted by atomic mass is 16.2. The van der Waals surface area contributed by atoms with Crippen LogP contribution in [0.25, 0.3) is 6.08 Å². The number of carbonyl (C=O) groups is 5. The van der Waals surface area contributed by atoms with E-state index in [1.165, 1.54) is 13.0 Å². The molecule has 36 heavy (non-hydrogen) atoms. The van der Waals surface area contributed by atoms with Crippen LogP contribution in [0.1, 0.15) is 44.4 Å². The third-order valence-electron chi connectivity index (χ3n) is 6.06. The van der Waals surface area contributed by atoms with Gasteiger partial charge in [-0.15, -0.1) is 0 Å². The van der Waals surface area contributed by atoms with Crippen LogP contribution >= 0.6 is 0 Å². The molecule has 2 heterocycles. The van der Waals surface area contributed by atoms with E-state index in [9.17, 15) is 24.0 Å². The molecule has 0 aliphatic carbocycles. The standard InChI is InChI=1S/C27H30N4O5/c1-16(2)24(25(34)23-17(3)26(35)31-27(23)36)30-22(33)14-20(19-9-5-4-6-10-19)29-21(32)12-11-18-8-7-13-28-15-18/h4-13,15-17,20,23-24H,14H2,1-3H3,(H,29,32)(H,30,33)(H,31,35,36)/b12-11+/t17-,20+,23+,24+/m0/s1. The van der Waals surface area contributed by atoms with Crippen LogP contribution in [0, 0.1) is 17.8 Å². The van der Waals surface area contributed by atoms with Gasteiger partial charge in [-0.25, -0.2) is 0 Å². The molecule has 9 heteroatoms. The van der Waals surface area contributed by atoms with E-state index in [2.05, 4.69) is 20.9 Å². The van der Waals surface area contributed by atoms with Crippen molar-refractivity contribution in [3.05, 3.63) is 72.1 Å². The van der Waals surface area contributed by atoms with Gasteiger partial charge in [0.25, 0.3) is 0 Å². The summed E-state index contributed by atoms with van der Waals surface area (Å²) in [4.78, 5) is 66.8. The summed E-state index contributed by atoms with van der Waals surface area (Å²) in [6.07, 6.45) is 6.11. The van der Waals surface area contributed by atoms with Gasteiger partial charge in [-0.3, -0.25) is 34.3 Å². The van der Waals surface area contributed by atoms with Gasteiger partial charge in [0.15, 0.2) is 5.78 Å². The Morgan fingerprint density at radius 1 is 1.03 bits per heavy atom. The number of nitrogens with one attached hydrogen (secondary N) is 3. The van der Waals surface area contributed by atoms with Crippen molar-refractivity contribution in [1.82, 2.24) is 20.9 Å². The number of Topliss-reactive ketones (excluding diaryl/α,β-unsaturated/α-hetero) is 1. The van der Waals surface area contributed by atoms with Crippen LogP contribution in [0.3, 0.4) is 0 Å². The fraction of sp³-hybridized carbons (Fsp3) is 0.333. The summed E-state index contributed by atoms with van der Waals surface area (Å²) in [5.41, 5.74) is 1.47. The minimum absolute atomic E-state index is 0.127. The first-order chi connectivity index (χ1) is 17.2. The van der Waals surface area contributed by atoms with Crippen molar-refractivity contribution in [3.8, 4) is 0 Å². The molecule has 4 atom stereocenters. The molecule has 2 aromatic rings. The molecule has 3 N–H and O–H groups in total. The van der Waals surface area contributed by atoms with Gasteiger partial charge in [0, 0.05) is 18.5 Å². The van der Waals surface area contributed by atoms with Gasteiger partial charge in [-0.1, -0.05) is 57.2 Å². The molecule has 1 aliphatic rings. The van der Waals surface area contributed by atoms with E-state index < -0.39 is 53.3 Å². The van der Waals surface area contributed by atoms with Gasteiger partial charge in [0.1, 0.15) is 5.92 Å². The number of nitrogens with zero attached hydrogens (tertiary/aromatic N) is 1. The normalized spacial score (nSPS) is 19.1. The molecule has 188 valence electrons.